The van der Waals surface area contributed by atoms with Gasteiger partial charge in [0.2, 0.25) is 0 Å². The Bertz CT molecular complexity index is 1270. The highest BCUT2D eigenvalue weighted by Gasteiger charge is 2.46. The Morgan fingerprint density at radius 2 is 1.80 bits per heavy atom. The summed E-state index contributed by atoms with van der Waals surface area (Å²) in [6.07, 6.45) is 0.897. The molecule has 2 aliphatic heterocycles. The van der Waals surface area contributed by atoms with Gasteiger partial charge in [0.15, 0.2) is 11.5 Å². The van der Waals surface area contributed by atoms with E-state index in [1.807, 2.05) is 26.0 Å². The SMILES string of the molecule is CCOc1ccc(/C(O)=C2\C(=O)C(=O)N(CCN3CCOCC3)C2c2ccc(OCCC(C)C)c(OC)c2)c(C)c1. The molecule has 2 aliphatic rings. The van der Waals surface area contributed by atoms with Gasteiger partial charge in [0.25, 0.3) is 11.7 Å². The molecule has 4 rings (SSSR count). The fourth-order valence-corrected chi connectivity index (χ4v) is 5.21. The van der Waals surface area contributed by atoms with Gasteiger partial charge >= 0.3 is 0 Å². The third-order valence-corrected chi connectivity index (χ3v) is 7.52. The summed E-state index contributed by atoms with van der Waals surface area (Å²) in [6, 6.07) is 9.93. The van der Waals surface area contributed by atoms with Crippen molar-refractivity contribution < 1.29 is 33.6 Å². The number of amides is 1. The highest BCUT2D eigenvalue weighted by molar-refractivity contribution is 6.46. The van der Waals surface area contributed by atoms with Crippen molar-refractivity contribution in [1.82, 2.24) is 9.80 Å². The Morgan fingerprint density at radius 1 is 1.05 bits per heavy atom. The largest absolute Gasteiger partial charge is 0.507 e. The minimum Gasteiger partial charge on any atom is -0.507 e. The van der Waals surface area contributed by atoms with Crippen LogP contribution in [0.5, 0.6) is 17.2 Å². The lowest BCUT2D eigenvalue weighted by atomic mass is 9.93. The topological polar surface area (TPSA) is 97.8 Å². The van der Waals surface area contributed by atoms with E-state index < -0.39 is 17.7 Å². The number of aliphatic hydroxyl groups is 1. The first-order chi connectivity index (χ1) is 19.7. The van der Waals surface area contributed by atoms with Gasteiger partial charge in [-0.05, 0) is 67.6 Å². The summed E-state index contributed by atoms with van der Waals surface area (Å²) in [5, 5.41) is 11.6. The summed E-state index contributed by atoms with van der Waals surface area (Å²) in [6.45, 7) is 12.8. The van der Waals surface area contributed by atoms with E-state index in [4.69, 9.17) is 18.9 Å². The fraction of sp³-hybridized carbons (Fsp3) is 0.500. The molecule has 9 heteroatoms. The minimum atomic E-state index is -0.791. The summed E-state index contributed by atoms with van der Waals surface area (Å²) >= 11 is 0. The average molecular weight is 567 g/mol. The minimum absolute atomic E-state index is 0.0553. The molecule has 0 aliphatic carbocycles. The van der Waals surface area contributed by atoms with Crippen LogP contribution in [0.4, 0.5) is 0 Å². The predicted octanol–water partition coefficient (Wildman–Crippen LogP) is 4.58. The van der Waals surface area contributed by atoms with Crippen molar-refractivity contribution in [3.63, 3.8) is 0 Å². The number of ether oxygens (including phenoxy) is 4. The molecule has 2 heterocycles. The van der Waals surface area contributed by atoms with E-state index in [9.17, 15) is 14.7 Å². The maximum absolute atomic E-state index is 13.5. The Labute approximate surface area is 242 Å². The number of aryl methyl sites for hydroxylation is 1. The molecule has 0 aromatic heterocycles. The molecular formula is C32H42N2O7. The van der Waals surface area contributed by atoms with Gasteiger partial charge in [0, 0.05) is 31.7 Å². The molecule has 2 aromatic rings. The number of likely N-dealkylation sites (tertiary alicyclic amines) is 1. The van der Waals surface area contributed by atoms with Crippen molar-refractivity contribution in [2.24, 2.45) is 5.92 Å². The van der Waals surface area contributed by atoms with E-state index >= 15 is 0 Å². The normalized spacial score (nSPS) is 19.2. The zero-order chi connectivity index (χ0) is 29.5. The second kappa shape index (κ2) is 13.9. The molecule has 0 spiro atoms. The second-order valence-corrected chi connectivity index (χ2v) is 10.8. The molecule has 0 radical (unpaired) electrons. The summed E-state index contributed by atoms with van der Waals surface area (Å²) in [5.41, 5.74) is 1.92. The number of ketones is 1. The van der Waals surface area contributed by atoms with Crippen LogP contribution < -0.4 is 14.2 Å². The summed E-state index contributed by atoms with van der Waals surface area (Å²) < 4.78 is 22.7. The highest BCUT2D eigenvalue weighted by Crippen LogP contribution is 2.42. The first kappa shape index (κ1) is 30.4. The van der Waals surface area contributed by atoms with Crippen molar-refractivity contribution in [1.29, 1.82) is 0 Å². The number of Topliss-reactive ketones (excluding diaryl/α,β-unsaturated/α-hetero) is 1. The number of benzene rings is 2. The quantitative estimate of drug-likeness (QED) is 0.227. The number of aliphatic hydroxyl groups excluding tert-OH is 1. The molecular weight excluding hydrogens is 524 g/mol. The van der Waals surface area contributed by atoms with E-state index in [0.29, 0.717) is 73.8 Å². The van der Waals surface area contributed by atoms with Gasteiger partial charge in [-0.2, -0.15) is 0 Å². The van der Waals surface area contributed by atoms with Gasteiger partial charge in [0.05, 0.1) is 45.2 Å². The maximum Gasteiger partial charge on any atom is 0.295 e. The zero-order valence-corrected chi connectivity index (χ0v) is 24.8. The van der Waals surface area contributed by atoms with Crippen LogP contribution >= 0.6 is 0 Å². The monoisotopic (exact) mass is 566 g/mol. The van der Waals surface area contributed by atoms with E-state index in [1.54, 1.807) is 36.3 Å². The Morgan fingerprint density at radius 3 is 2.46 bits per heavy atom. The van der Waals surface area contributed by atoms with Gasteiger partial charge in [0.1, 0.15) is 11.5 Å². The molecule has 1 unspecified atom stereocenters. The Kier molecular flexibility index (Phi) is 10.3. The van der Waals surface area contributed by atoms with Crippen molar-refractivity contribution in [3.05, 3.63) is 58.7 Å². The molecule has 1 N–H and O–H groups in total. The van der Waals surface area contributed by atoms with Gasteiger partial charge < -0.3 is 29.0 Å². The smallest absolute Gasteiger partial charge is 0.295 e. The average Bonchev–Trinajstić information content (AvgIpc) is 3.21. The van der Waals surface area contributed by atoms with Crippen LogP contribution in [0, 0.1) is 12.8 Å². The predicted molar refractivity (Wildman–Crippen MR) is 157 cm³/mol. The molecule has 222 valence electrons. The Hall–Kier alpha value is -3.56. The third kappa shape index (κ3) is 7.02. The number of rotatable bonds is 12. The molecule has 0 saturated carbocycles. The molecule has 9 nitrogen and oxygen atoms in total. The Balaban J connectivity index is 1.75. The zero-order valence-electron chi connectivity index (χ0n) is 24.8. The molecule has 1 atom stereocenters. The van der Waals surface area contributed by atoms with Crippen LogP contribution in [-0.4, -0.2) is 86.3 Å². The maximum atomic E-state index is 13.5. The second-order valence-electron chi connectivity index (χ2n) is 10.8. The van der Waals surface area contributed by atoms with Gasteiger partial charge in [-0.15, -0.1) is 0 Å². The molecule has 41 heavy (non-hydrogen) atoms. The molecule has 1 amide bonds. The van der Waals surface area contributed by atoms with Crippen LogP contribution in [0.2, 0.25) is 0 Å². The van der Waals surface area contributed by atoms with E-state index in [1.165, 1.54) is 0 Å². The number of morpholine rings is 1. The van der Waals surface area contributed by atoms with Crippen LogP contribution in [0.3, 0.4) is 0 Å². The van der Waals surface area contributed by atoms with Gasteiger partial charge in [-0.1, -0.05) is 19.9 Å². The van der Waals surface area contributed by atoms with Crippen molar-refractivity contribution in [2.75, 3.05) is 59.7 Å². The lowest BCUT2D eigenvalue weighted by Crippen LogP contribution is -2.42. The summed E-state index contributed by atoms with van der Waals surface area (Å²) in [5.74, 6) is 0.703. The van der Waals surface area contributed by atoms with Crippen LogP contribution in [-0.2, 0) is 14.3 Å². The standard InChI is InChI=1S/C32H42N2O7/c1-6-40-24-8-9-25(22(4)19-24)30(35)28-29(23-7-10-26(27(20-23)38-5)41-16-11-21(2)3)34(32(37)31(28)36)13-12-33-14-17-39-18-15-33/h7-10,19-21,29,35H,6,11-18H2,1-5H3/b30-28+. The summed E-state index contributed by atoms with van der Waals surface area (Å²) in [4.78, 5) is 30.8. The molecule has 2 fully saturated rings. The van der Waals surface area contributed by atoms with Crippen LogP contribution in [0.1, 0.15) is 49.9 Å². The number of carbonyl (C=O) groups is 2. The van der Waals surface area contributed by atoms with Crippen molar-refractivity contribution >= 4 is 17.4 Å². The number of hydrogen-bond acceptors (Lipinski definition) is 8. The lowest BCUT2D eigenvalue weighted by Gasteiger charge is -2.31. The van der Waals surface area contributed by atoms with Crippen LogP contribution in [0.25, 0.3) is 5.76 Å². The third-order valence-electron chi connectivity index (χ3n) is 7.52. The number of methoxy groups -OCH3 is 1. The lowest BCUT2D eigenvalue weighted by molar-refractivity contribution is -0.140. The van der Waals surface area contributed by atoms with E-state index in [2.05, 4.69) is 18.7 Å². The first-order valence-corrected chi connectivity index (χ1v) is 14.4. The van der Waals surface area contributed by atoms with E-state index in [0.717, 1.165) is 25.1 Å². The van der Waals surface area contributed by atoms with Crippen molar-refractivity contribution in [2.45, 2.75) is 40.2 Å². The highest BCUT2D eigenvalue weighted by atomic mass is 16.5. The molecule has 2 aromatic carbocycles. The van der Waals surface area contributed by atoms with Crippen LogP contribution in [0.15, 0.2) is 42.0 Å². The number of hydrogen-bond donors (Lipinski definition) is 1. The number of nitrogens with zero attached hydrogens (tertiary/aromatic N) is 2. The first-order valence-electron chi connectivity index (χ1n) is 14.4. The van der Waals surface area contributed by atoms with Gasteiger partial charge in [-0.25, -0.2) is 0 Å². The fourth-order valence-electron chi connectivity index (χ4n) is 5.21. The van der Waals surface area contributed by atoms with Gasteiger partial charge in [-0.3, -0.25) is 14.5 Å². The summed E-state index contributed by atoms with van der Waals surface area (Å²) in [7, 11) is 1.56. The molecule has 0 bridgehead atoms. The van der Waals surface area contributed by atoms with E-state index in [-0.39, 0.29) is 11.3 Å². The molecule has 2 saturated heterocycles. The van der Waals surface area contributed by atoms with Crippen molar-refractivity contribution in [3.8, 4) is 17.2 Å². The number of carbonyl (C=O) groups excluding carboxylic acids is 2.